The fourth-order valence-electron chi connectivity index (χ4n) is 4.81. The molecule has 2 aromatic carbocycles. The molecule has 2 saturated heterocycles. The summed E-state index contributed by atoms with van der Waals surface area (Å²) in [6.07, 6.45) is 0. The van der Waals surface area contributed by atoms with E-state index in [1.807, 2.05) is 6.07 Å². The van der Waals surface area contributed by atoms with Gasteiger partial charge in [-0.3, -0.25) is 4.90 Å². The van der Waals surface area contributed by atoms with Crippen LogP contribution in [-0.2, 0) is 11.8 Å². The largest absolute Gasteiger partial charge is 0.378 e. The van der Waals surface area contributed by atoms with Gasteiger partial charge in [0.25, 0.3) is 0 Å². The van der Waals surface area contributed by atoms with Gasteiger partial charge in [-0.1, -0.05) is 23.7 Å². The van der Waals surface area contributed by atoms with Crippen molar-refractivity contribution in [3.8, 4) is 11.1 Å². The molecular formula is C25H32ClN5O. The molecule has 0 saturated carbocycles. The van der Waals surface area contributed by atoms with Crippen LogP contribution in [0.25, 0.3) is 22.2 Å². The molecule has 32 heavy (non-hydrogen) atoms. The number of nitrogens with zero attached hydrogens (tertiary/aromatic N) is 5. The van der Waals surface area contributed by atoms with E-state index >= 15 is 0 Å². The summed E-state index contributed by atoms with van der Waals surface area (Å²) in [7, 11) is 2.07. The second-order valence-electron chi connectivity index (χ2n) is 9.06. The van der Waals surface area contributed by atoms with Crippen molar-refractivity contribution in [3.63, 3.8) is 0 Å². The first-order valence-corrected chi connectivity index (χ1v) is 12.0. The van der Waals surface area contributed by atoms with E-state index in [9.17, 15) is 0 Å². The topological polar surface area (TPSA) is 36.8 Å². The molecule has 7 heteroatoms. The lowest BCUT2D eigenvalue weighted by Gasteiger charge is -2.38. The lowest BCUT2D eigenvalue weighted by atomic mass is 10.0. The van der Waals surface area contributed by atoms with Gasteiger partial charge in [-0.15, -0.1) is 0 Å². The number of morpholine rings is 1. The Labute approximate surface area is 195 Å². The van der Waals surface area contributed by atoms with E-state index in [4.69, 9.17) is 21.3 Å². The predicted octanol–water partition coefficient (Wildman–Crippen LogP) is 4.26. The van der Waals surface area contributed by atoms with Gasteiger partial charge >= 0.3 is 0 Å². The molecule has 2 aliphatic rings. The van der Waals surface area contributed by atoms with E-state index in [-0.39, 0.29) is 0 Å². The zero-order valence-corrected chi connectivity index (χ0v) is 20.0. The number of benzene rings is 2. The highest BCUT2D eigenvalue weighted by atomic mass is 35.5. The molecule has 3 heterocycles. The Kier molecular flexibility index (Phi) is 6.01. The minimum Gasteiger partial charge on any atom is -0.378 e. The minimum absolute atomic E-state index is 0.620. The molecule has 0 atom stereocenters. The van der Waals surface area contributed by atoms with Crippen LogP contribution in [0, 0.1) is 0 Å². The van der Waals surface area contributed by atoms with Crippen molar-refractivity contribution >= 4 is 34.3 Å². The van der Waals surface area contributed by atoms with Gasteiger partial charge in [-0.2, -0.15) is 0 Å². The van der Waals surface area contributed by atoms with Crippen LogP contribution in [0.3, 0.4) is 0 Å². The molecule has 0 unspecified atom stereocenters. The average molecular weight is 454 g/mol. The number of fused-ring (bicyclic) bond motifs is 1. The van der Waals surface area contributed by atoms with E-state index < -0.39 is 0 Å². The molecule has 0 aliphatic carbocycles. The van der Waals surface area contributed by atoms with Crippen molar-refractivity contribution in [1.82, 2.24) is 14.5 Å². The van der Waals surface area contributed by atoms with Crippen LogP contribution in [0.2, 0.25) is 5.02 Å². The van der Waals surface area contributed by atoms with Gasteiger partial charge in [-0.05, 0) is 49.2 Å². The Bertz CT molecular complexity index is 1080. The van der Waals surface area contributed by atoms with Gasteiger partial charge in [0.15, 0.2) is 0 Å². The van der Waals surface area contributed by atoms with Crippen molar-refractivity contribution in [1.29, 1.82) is 0 Å². The van der Waals surface area contributed by atoms with Gasteiger partial charge < -0.3 is 19.1 Å². The maximum atomic E-state index is 6.70. The number of aryl methyl sites for hydroxylation is 1. The van der Waals surface area contributed by atoms with E-state index in [1.165, 1.54) is 11.3 Å². The number of ether oxygens (including phenoxy) is 1. The summed E-state index contributed by atoms with van der Waals surface area (Å²) in [6.45, 7) is 12.1. The zero-order valence-electron chi connectivity index (χ0n) is 19.2. The summed E-state index contributed by atoms with van der Waals surface area (Å²) >= 11 is 6.70. The lowest BCUT2D eigenvalue weighted by molar-refractivity contribution is 0.122. The highest BCUT2D eigenvalue weighted by Crippen LogP contribution is 2.33. The quantitative estimate of drug-likeness (QED) is 0.590. The average Bonchev–Trinajstić information content (AvgIpc) is 3.17. The van der Waals surface area contributed by atoms with E-state index in [0.717, 1.165) is 75.0 Å². The first-order valence-electron chi connectivity index (χ1n) is 11.6. The zero-order chi connectivity index (χ0) is 22.2. The first-order chi connectivity index (χ1) is 15.5. The van der Waals surface area contributed by atoms with Crippen molar-refractivity contribution in [2.45, 2.75) is 19.9 Å². The van der Waals surface area contributed by atoms with Crippen LogP contribution in [0.4, 0.5) is 11.6 Å². The van der Waals surface area contributed by atoms with E-state index in [2.05, 4.69) is 70.5 Å². The second-order valence-corrected chi connectivity index (χ2v) is 9.47. The smallest absolute Gasteiger partial charge is 0.206 e. The number of halogens is 1. The lowest BCUT2D eigenvalue weighted by Crippen LogP contribution is -2.48. The molecule has 0 spiro atoms. The van der Waals surface area contributed by atoms with Crippen LogP contribution in [0.5, 0.6) is 0 Å². The Morgan fingerprint density at radius 3 is 2.22 bits per heavy atom. The van der Waals surface area contributed by atoms with Crippen molar-refractivity contribution < 1.29 is 4.74 Å². The monoisotopic (exact) mass is 453 g/mol. The summed E-state index contributed by atoms with van der Waals surface area (Å²) in [5.74, 6) is 0.957. The molecule has 1 aromatic heterocycles. The molecule has 170 valence electrons. The Morgan fingerprint density at radius 2 is 1.56 bits per heavy atom. The van der Waals surface area contributed by atoms with Crippen molar-refractivity contribution in [2.75, 3.05) is 62.3 Å². The Hall–Kier alpha value is -2.28. The fraction of sp³-hybridized carbons (Fsp3) is 0.480. The molecule has 0 amide bonds. The molecular weight excluding hydrogens is 422 g/mol. The highest BCUT2D eigenvalue weighted by Gasteiger charge is 2.21. The predicted molar refractivity (Wildman–Crippen MR) is 133 cm³/mol. The molecule has 3 aromatic rings. The summed E-state index contributed by atoms with van der Waals surface area (Å²) < 4.78 is 7.65. The summed E-state index contributed by atoms with van der Waals surface area (Å²) in [5, 5.41) is 0.696. The maximum Gasteiger partial charge on any atom is 0.206 e. The number of aromatic nitrogens is 2. The minimum atomic E-state index is 0.620. The Morgan fingerprint density at radius 1 is 0.875 bits per heavy atom. The van der Waals surface area contributed by atoms with Crippen LogP contribution >= 0.6 is 11.6 Å². The van der Waals surface area contributed by atoms with Crippen molar-refractivity contribution in [2.24, 2.45) is 7.05 Å². The number of piperazine rings is 1. The summed E-state index contributed by atoms with van der Waals surface area (Å²) in [4.78, 5) is 12.1. The fourth-order valence-corrected chi connectivity index (χ4v) is 5.06. The molecule has 2 aliphatic heterocycles. The Balaban J connectivity index is 1.39. The standard InChI is InChI=1S/C25H32ClN5O/c1-18(2)29-8-10-30(11-9-29)21-6-4-19(5-7-21)20-16-22(26)24-23(17-20)28(3)25(27-24)31-12-14-32-15-13-31/h4-7,16-18H,8-15H2,1-3H3. The number of hydrogen-bond donors (Lipinski definition) is 0. The number of hydrogen-bond acceptors (Lipinski definition) is 5. The maximum absolute atomic E-state index is 6.70. The van der Waals surface area contributed by atoms with E-state index in [1.54, 1.807) is 0 Å². The number of imidazole rings is 1. The van der Waals surface area contributed by atoms with Gasteiger partial charge in [-0.25, -0.2) is 4.98 Å². The van der Waals surface area contributed by atoms with Crippen molar-refractivity contribution in [3.05, 3.63) is 41.4 Å². The van der Waals surface area contributed by atoms with Crippen LogP contribution in [-0.4, -0.2) is 73.0 Å². The van der Waals surface area contributed by atoms with Crippen LogP contribution < -0.4 is 9.80 Å². The summed E-state index contributed by atoms with van der Waals surface area (Å²) in [6, 6.07) is 13.8. The van der Waals surface area contributed by atoms with Crippen LogP contribution in [0.1, 0.15) is 13.8 Å². The third kappa shape index (κ3) is 4.07. The van der Waals surface area contributed by atoms with Gasteiger partial charge in [0.1, 0.15) is 5.52 Å². The first kappa shape index (κ1) is 21.6. The van der Waals surface area contributed by atoms with Gasteiger partial charge in [0, 0.05) is 58.0 Å². The summed E-state index contributed by atoms with van der Waals surface area (Å²) in [5.41, 5.74) is 5.50. The third-order valence-corrected chi connectivity index (χ3v) is 7.11. The molecule has 2 fully saturated rings. The SMILES string of the molecule is CC(C)N1CCN(c2ccc(-c3cc(Cl)c4nc(N5CCOCC5)n(C)c4c3)cc2)CC1. The molecule has 0 radical (unpaired) electrons. The van der Waals surface area contributed by atoms with Gasteiger partial charge in [0.2, 0.25) is 5.95 Å². The molecule has 6 nitrogen and oxygen atoms in total. The third-order valence-electron chi connectivity index (χ3n) is 6.82. The van der Waals surface area contributed by atoms with Crippen LogP contribution in [0.15, 0.2) is 36.4 Å². The molecule has 5 rings (SSSR count). The molecule has 0 bridgehead atoms. The normalized spacial score (nSPS) is 18.2. The van der Waals surface area contributed by atoms with E-state index in [0.29, 0.717) is 11.1 Å². The molecule has 0 N–H and O–H groups in total. The van der Waals surface area contributed by atoms with Gasteiger partial charge in [0.05, 0.1) is 23.8 Å². The number of anilines is 2. The highest BCUT2D eigenvalue weighted by molar-refractivity contribution is 6.35. The number of rotatable bonds is 4. The second kappa shape index (κ2) is 8.93.